The number of aliphatic hydroxyl groups is 2. The van der Waals surface area contributed by atoms with Crippen LogP contribution in [0.25, 0.3) is 22.2 Å². The number of nitrogens with zero attached hydrogens (tertiary/aromatic N) is 3. The molecule has 1 unspecified atom stereocenters. The normalized spacial score (nSPS) is 12.2. The molecule has 0 aliphatic rings. The number of amides is 1. The average Bonchev–Trinajstić information content (AvgIpc) is 3.51. The van der Waals surface area contributed by atoms with Crippen molar-refractivity contribution in [3.8, 4) is 27.9 Å². The van der Waals surface area contributed by atoms with Crippen molar-refractivity contribution in [2.45, 2.75) is 53.7 Å². The zero-order chi connectivity index (χ0) is 26.2. The summed E-state index contributed by atoms with van der Waals surface area (Å²) in [7, 11) is 0. The van der Waals surface area contributed by atoms with Gasteiger partial charge in [-0.2, -0.15) is 4.98 Å². The second kappa shape index (κ2) is 13.0. The van der Waals surface area contributed by atoms with E-state index in [0.717, 1.165) is 41.2 Å². The van der Waals surface area contributed by atoms with E-state index in [2.05, 4.69) is 47.2 Å². The first-order chi connectivity index (χ1) is 17.3. The van der Waals surface area contributed by atoms with E-state index in [0.29, 0.717) is 23.9 Å². The maximum absolute atomic E-state index is 11.2. The third-order valence-corrected chi connectivity index (χ3v) is 7.22. The molecule has 3 N–H and O–H groups in total. The lowest BCUT2D eigenvalue weighted by molar-refractivity contribution is -0.124. The highest BCUT2D eigenvalue weighted by Crippen LogP contribution is 2.34. The number of rotatable bonds is 13. The topological polar surface area (TPSA) is 121 Å². The molecule has 9 nitrogen and oxygen atoms in total. The van der Waals surface area contributed by atoms with Crippen LogP contribution in [0, 0.1) is 13.8 Å². The lowest BCUT2D eigenvalue weighted by Crippen LogP contribution is -2.36. The first-order valence-corrected chi connectivity index (χ1v) is 13.1. The van der Waals surface area contributed by atoms with Gasteiger partial charge in [-0.15, -0.1) is 11.3 Å². The maximum atomic E-state index is 11.2. The van der Waals surface area contributed by atoms with Crippen molar-refractivity contribution in [1.29, 1.82) is 0 Å². The largest absolute Gasteiger partial charge is 0.490 e. The molecule has 10 heteroatoms. The van der Waals surface area contributed by atoms with Gasteiger partial charge >= 0.3 is 0 Å². The molecule has 3 rings (SSSR count). The number of aliphatic hydroxyl groups excluding tert-OH is 2. The smallest absolute Gasteiger partial charge is 0.258 e. The molecule has 196 valence electrons. The van der Waals surface area contributed by atoms with Crippen LogP contribution in [-0.2, 0) is 17.8 Å². The summed E-state index contributed by atoms with van der Waals surface area (Å²) in [6, 6.07) is 6.01. The number of nitrogens with one attached hydrogen (secondary N) is 1. The lowest BCUT2D eigenvalue weighted by atomic mass is 10.0. The Bertz CT molecular complexity index is 1160. The fourth-order valence-corrected chi connectivity index (χ4v) is 4.99. The lowest BCUT2D eigenvalue weighted by Gasteiger charge is -2.17. The summed E-state index contributed by atoms with van der Waals surface area (Å²) in [5.74, 6) is 1.16. The molecule has 0 saturated carbocycles. The Morgan fingerprint density at radius 1 is 1.19 bits per heavy atom. The minimum Gasteiger partial charge on any atom is -0.490 e. The van der Waals surface area contributed by atoms with E-state index in [1.165, 1.54) is 10.4 Å². The molecule has 0 saturated heterocycles. The van der Waals surface area contributed by atoms with Crippen molar-refractivity contribution < 1.29 is 24.3 Å². The Kier molecular flexibility index (Phi) is 10.0. The van der Waals surface area contributed by atoms with E-state index in [4.69, 9.17) is 14.4 Å². The Hall–Kier alpha value is -2.79. The summed E-state index contributed by atoms with van der Waals surface area (Å²) in [6.45, 7) is 12.7. The molecule has 3 aromatic rings. The Balaban J connectivity index is 1.75. The van der Waals surface area contributed by atoms with Gasteiger partial charge in [0.1, 0.15) is 25.1 Å². The number of aromatic nitrogens is 2. The summed E-state index contributed by atoms with van der Waals surface area (Å²) >= 11 is 1.70. The summed E-state index contributed by atoms with van der Waals surface area (Å²) in [6.07, 6.45) is -0.190. The molecule has 2 aromatic heterocycles. The van der Waals surface area contributed by atoms with Gasteiger partial charge in [-0.05, 0) is 68.2 Å². The van der Waals surface area contributed by atoms with E-state index >= 15 is 0 Å². The molecule has 0 aliphatic carbocycles. The number of hydrogen-bond acceptors (Lipinski definition) is 9. The van der Waals surface area contributed by atoms with E-state index in [1.807, 2.05) is 26.0 Å². The summed E-state index contributed by atoms with van der Waals surface area (Å²) < 4.78 is 11.5. The van der Waals surface area contributed by atoms with Crippen LogP contribution >= 0.6 is 11.3 Å². The second-order valence-corrected chi connectivity index (χ2v) is 9.80. The van der Waals surface area contributed by atoms with Crippen molar-refractivity contribution in [3.63, 3.8) is 0 Å². The molecule has 2 heterocycles. The van der Waals surface area contributed by atoms with Gasteiger partial charge < -0.3 is 24.8 Å². The van der Waals surface area contributed by atoms with Crippen LogP contribution in [0.2, 0.25) is 0 Å². The minimum absolute atomic E-state index is 0.00156. The Morgan fingerprint density at radius 3 is 2.61 bits per heavy atom. The van der Waals surface area contributed by atoms with Gasteiger partial charge in [-0.1, -0.05) is 25.9 Å². The zero-order valence-electron chi connectivity index (χ0n) is 21.6. The van der Waals surface area contributed by atoms with Gasteiger partial charge in [0.05, 0.1) is 4.88 Å². The van der Waals surface area contributed by atoms with Crippen molar-refractivity contribution in [2.75, 3.05) is 32.8 Å². The molecule has 36 heavy (non-hydrogen) atoms. The van der Waals surface area contributed by atoms with Gasteiger partial charge in [0, 0.05) is 23.5 Å². The van der Waals surface area contributed by atoms with Crippen molar-refractivity contribution in [2.24, 2.45) is 0 Å². The number of carbonyl (C=O) groups is 1. The number of aryl methyl sites for hydroxylation is 3. The van der Waals surface area contributed by atoms with E-state index in [1.54, 1.807) is 11.3 Å². The molecule has 0 bridgehead atoms. The average molecular weight is 517 g/mol. The highest BCUT2D eigenvalue weighted by Gasteiger charge is 2.18. The van der Waals surface area contributed by atoms with Crippen LogP contribution in [0.3, 0.4) is 0 Å². The number of thiophene rings is 1. The van der Waals surface area contributed by atoms with Crippen LogP contribution in [0.15, 0.2) is 22.7 Å². The highest BCUT2D eigenvalue weighted by molar-refractivity contribution is 7.15. The summed E-state index contributed by atoms with van der Waals surface area (Å²) in [5.41, 5.74) is 3.87. The number of benzene rings is 1. The van der Waals surface area contributed by atoms with Gasteiger partial charge in [-0.3, -0.25) is 9.69 Å². The number of carbonyl (C=O) groups excluding carboxylic acids is 1. The molecule has 0 aliphatic heterocycles. The molecule has 0 radical (unpaired) electrons. The van der Waals surface area contributed by atoms with Crippen LogP contribution in [0.4, 0.5) is 0 Å². The van der Waals surface area contributed by atoms with Gasteiger partial charge in [-0.25, -0.2) is 0 Å². The molecule has 1 atom stereocenters. The van der Waals surface area contributed by atoms with Crippen LogP contribution in [-0.4, -0.2) is 70.1 Å². The molecule has 1 aromatic carbocycles. The molecule has 1 amide bonds. The standard InChI is InChI=1S/C26H36N4O5S/c1-6-18-11-19(9-17(5)24(18)34-15-20(32)12-27-23(33)14-31)26-28-25(29-35-26)21-10-16(4)22(36-21)13-30(7-2)8-3/h9-11,20,31-32H,6-8,12-15H2,1-5H3,(H,27,33). The van der Waals surface area contributed by atoms with Crippen molar-refractivity contribution in [1.82, 2.24) is 20.4 Å². The van der Waals surface area contributed by atoms with E-state index in [9.17, 15) is 9.90 Å². The number of ether oxygens (including phenoxy) is 1. The molecular weight excluding hydrogens is 480 g/mol. The van der Waals surface area contributed by atoms with Gasteiger partial charge in [0.2, 0.25) is 11.7 Å². The predicted octanol–water partition coefficient (Wildman–Crippen LogP) is 3.33. The van der Waals surface area contributed by atoms with Gasteiger partial charge in [0.15, 0.2) is 0 Å². The van der Waals surface area contributed by atoms with Crippen molar-refractivity contribution in [3.05, 3.63) is 39.8 Å². The van der Waals surface area contributed by atoms with Crippen molar-refractivity contribution >= 4 is 17.2 Å². The summed E-state index contributed by atoms with van der Waals surface area (Å²) in [4.78, 5) is 20.5. The predicted molar refractivity (Wildman–Crippen MR) is 140 cm³/mol. The minimum atomic E-state index is -0.899. The highest BCUT2D eigenvalue weighted by atomic mass is 32.1. The first-order valence-electron chi connectivity index (χ1n) is 12.3. The fraction of sp³-hybridized carbons (Fsp3) is 0.500. The Labute approximate surface area is 216 Å². The van der Waals surface area contributed by atoms with Crippen LogP contribution in [0.1, 0.15) is 42.3 Å². The zero-order valence-corrected chi connectivity index (χ0v) is 22.4. The van der Waals surface area contributed by atoms with E-state index in [-0.39, 0.29) is 13.2 Å². The quantitative estimate of drug-likeness (QED) is 0.316. The maximum Gasteiger partial charge on any atom is 0.258 e. The van der Waals surface area contributed by atoms with Gasteiger partial charge in [0.25, 0.3) is 5.89 Å². The first kappa shape index (κ1) is 27.8. The van der Waals surface area contributed by atoms with E-state index < -0.39 is 18.6 Å². The summed E-state index contributed by atoms with van der Waals surface area (Å²) in [5, 5.41) is 25.5. The molecule has 0 fully saturated rings. The second-order valence-electron chi connectivity index (χ2n) is 8.66. The molecular formula is C26H36N4O5S. The van der Waals surface area contributed by atoms with Crippen LogP contribution < -0.4 is 10.1 Å². The van der Waals surface area contributed by atoms with Crippen LogP contribution in [0.5, 0.6) is 5.75 Å². The third kappa shape index (κ3) is 6.91. The Morgan fingerprint density at radius 2 is 1.94 bits per heavy atom. The SMILES string of the molecule is CCc1cc(-c2nc(-c3cc(C)c(CN(CC)CC)s3)no2)cc(C)c1OCC(O)CNC(=O)CO. The third-order valence-electron chi connectivity index (χ3n) is 6.01. The molecule has 0 spiro atoms. The monoisotopic (exact) mass is 516 g/mol. The fourth-order valence-electron chi connectivity index (χ4n) is 3.84. The number of hydrogen-bond donors (Lipinski definition) is 3.